The van der Waals surface area contributed by atoms with Gasteiger partial charge in [-0.3, -0.25) is 0 Å². The van der Waals surface area contributed by atoms with Gasteiger partial charge in [-0.1, -0.05) is 35.3 Å². The zero-order chi connectivity index (χ0) is 27.4. The average molecular weight is 605 g/mol. The molecule has 39 heavy (non-hydrogen) atoms. The highest BCUT2D eigenvalue weighted by molar-refractivity contribution is 7.91. The molecule has 0 atom stereocenters. The summed E-state index contributed by atoms with van der Waals surface area (Å²) in [7, 11) is -3.69. The number of thiophene rings is 1. The molecule has 2 amide bonds. The minimum atomic E-state index is -3.69. The van der Waals surface area contributed by atoms with Crippen LogP contribution in [0.15, 0.2) is 65.0 Å². The van der Waals surface area contributed by atoms with Gasteiger partial charge >= 0.3 is 6.03 Å². The molecule has 0 spiro atoms. The number of hydrogen-bond donors (Lipinski definition) is 5. The van der Waals surface area contributed by atoms with E-state index in [2.05, 4.69) is 36.0 Å². The van der Waals surface area contributed by atoms with Gasteiger partial charge in [0.2, 0.25) is 16.0 Å². The fourth-order valence-corrected chi connectivity index (χ4v) is 6.60. The van der Waals surface area contributed by atoms with Crippen LogP contribution in [-0.2, 0) is 22.9 Å². The average Bonchev–Trinajstić information content (AvgIpc) is 3.36. The zero-order valence-corrected chi connectivity index (χ0v) is 23.4. The number of nitrogens with one attached hydrogen (secondary N) is 5. The van der Waals surface area contributed by atoms with Gasteiger partial charge in [0.1, 0.15) is 9.23 Å². The lowest BCUT2D eigenvalue weighted by Crippen LogP contribution is -2.36. The Hall–Kier alpha value is -3.42. The number of urea groups is 1. The van der Waals surface area contributed by atoms with Crippen LogP contribution in [0.3, 0.4) is 0 Å². The molecule has 0 fully saturated rings. The van der Waals surface area contributed by atoms with E-state index in [4.69, 9.17) is 23.2 Å². The maximum Gasteiger partial charge on any atom is 0.319 e. The Bertz CT molecular complexity index is 1630. The van der Waals surface area contributed by atoms with E-state index in [1.807, 2.05) is 36.4 Å². The quantitative estimate of drug-likeness (QED) is 0.183. The van der Waals surface area contributed by atoms with Crippen LogP contribution < -0.4 is 26.0 Å². The molecule has 6 bridgehead atoms. The second-order valence-electron chi connectivity index (χ2n) is 8.55. The molecular formula is C25H23Cl2N7O3S2. The summed E-state index contributed by atoms with van der Waals surface area (Å²) in [5.74, 6) is 0.858. The Morgan fingerprint density at radius 3 is 2.67 bits per heavy atom. The van der Waals surface area contributed by atoms with Crippen molar-refractivity contribution in [2.75, 3.05) is 29.0 Å². The van der Waals surface area contributed by atoms with Crippen LogP contribution in [0.1, 0.15) is 11.1 Å². The summed E-state index contributed by atoms with van der Waals surface area (Å²) in [4.78, 5) is 21.4. The van der Waals surface area contributed by atoms with Gasteiger partial charge in [0.25, 0.3) is 0 Å². The van der Waals surface area contributed by atoms with Gasteiger partial charge in [-0.25, -0.2) is 22.9 Å². The number of aromatic nitrogens is 2. The summed E-state index contributed by atoms with van der Waals surface area (Å²) in [6, 6.07) is 16.0. The number of carbonyl (C=O) groups is 1. The molecule has 1 aliphatic rings. The third-order valence-corrected chi connectivity index (χ3v) is 9.20. The van der Waals surface area contributed by atoms with Crippen LogP contribution in [0, 0.1) is 0 Å². The predicted molar refractivity (Wildman–Crippen MR) is 155 cm³/mol. The first-order valence-electron chi connectivity index (χ1n) is 11.8. The number of aryl methyl sites for hydroxylation is 2. The van der Waals surface area contributed by atoms with Crippen LogP contribution in [-0.4, -0.2) is 37.5 Å². The first-order valence-corrected chi connectivity index (χ1v) is 14.9. The van der Waals surface area contributed by atoms with Crippen LogP contribution in [0.2, 0.25) is 9.36 Å². The van der Waals surface area contributed by atoms with Crippen molar-refractivity contribution in [3.8, 4) is 0 Å². The molecule has 0 saturated carbocycles. The van der Waals surface area contributed by atoms with Gasteiger partial charge in [-0.2, -0.15) is 4.98 Å². The monoisotopic (exact) mass is 603 g/mol. The second kappa shape index (κ2) is 11.8. The fraction of sp³-hybridized carbons (Fsp3) is 0.160. The molecule has 1 aliphatic heterocycles. The third kappa shape index (κ3) is 6.97. The first-order chi connectivity index (χ1) is 18.7. The standard InChI is InChI=1S/C25H23Cl2N7O3S2/c26-19-14-29-24-32-17-3-1-2-15(12-17)4-5-16-13-18(31-23(19)34-24)6-7-20(16)33-25(35)28-10-11-30-39(36,37)22-9-8-21(27)38-22/h1-3,6-9,12-14,30H,4-5,10-11H2,(H2,28,33,35)(H2,29,31,32,34). The number of benzene rings is 2. The number of nitrogens with zero attached hydrogens (tertiary/aromatic N) is 2. The lowest BCUT2D eigenvalue weighted by atomic mass is 10.0. The Labute approximate surface area is 239 Å². The number of anilines is 5. The van der Waals surface area contributed by atoms with Crippen LogP contribution in [0.25, 0.3) is 0 Å². The molecule has 2 aromatic heterocycles. The second-order valence-corrected chi connectivity index (χ2v) is 12.7. The zero-order valence-electron chi connectivity index (χ0n) is 20.3. The molecular weight excluding hydrogens is 581 g/mol. The van der Waals surface area contributed by atoms with Crippen LogP contribution >= 0.6 is 34.5 Å². The lowest BCUT2D eigenvalue weighted by Gasteiger charge is -2.15. The maximum absolute atomic E-state index is 12.6. The van der Waals surface area contributed by atoms with Crippen molar-refractivity contribution in [2.24, 2.45) is 0 Å². The highest BCUT2D eigenvalue weighted by Gasteiger charge is 2.16. The highest BCUT2D eigenvalue weighted by Crippen LogP contribution is 2.29. The van der Waals surface area contributed by atoms with E-state index in [1.165, 1.54) is 18.3 Å². The maximum atomic E-state index is 12.6. The van der Waals surface area contributed by atoms with E-state index in [0.29, 0.717) is 33.2 Å². The molecule has 5 N–H and O–H groups in total. The molecule has 0 aliphatic carbocycles. The van der Waals surface area contributed by atoms with Crippen molar-refractivity contribution >= 4 is 79.4 Å². The molecule has 0 saturated heterocycles. The number of fused-ring (bicyclic) bond motifs is 6. The predicted octanol–water partition coefficient (Wildman–Crippen LogP) is 5.53. The van der Waals surface area contributed by atoms with Gasteiger partial charge in [0, 0.05) is 30.2 Å². The van der Waals surface area contributed by atoms with Crippen molar-refractivity contribution in [1.82, 2.24) is 20.0 Å². The first kappa shape index (κ1) is 27.2. The molecule has 10 nitrogen and oxygen atoms in total. The third-order valence-electron chi connectivity index (χ3n) is 5.74. The minimum Gasteiger partial charge on any atom is -0.339 e. The van der Waals surface area contributed by atoms with E-state index < -0.39 is 16.1 Å². The largest absolute Gasteiger partial charge is 0.339 e. The summed E-state index contributed by atoms with van der Waals surface area (Å²) >= 11 is 13.1. The van der Waals surface area contributed by atoms with Crippen molar-refractivity contribution in [2.45, 2.75) is 17.1 Å². The van der Waals surface area contributed by atoms with E-state index in [9.17, 15) is 13.2 Å². The molecule has 5 rings (SSSR count). The van der Waals surface area contributed by atoms with E-state index in [0.717, 1.165) is 40.3 Å². The molecule has 3 heterocycles. The van der Waals surface area contributed by atoms with Gasteiger partial charge in [-0.05, 0) is 66.4 Å². The van der Waals surface area contributed by atoms with Crippen molar-refractivity contribution < 1.29 is 13.2 Å². The molecule has 14 heteroatoms. The molecule has 0 radical (unpaired) electrons. The number of sulfonamides is 1. The number of rotatable bonds is 6. The Balaban J connectivity index is 1.28. The highest BCUT2D eigenvalue weighted by atomic mass is 35.5. The van der Waals surface area contributed by atoms with Crippen molar-refractivity contribution in [3.63, 3.8) is 0 Å². The summed E-state index contributed by atoms with van der Waals surface area (Å²) in [5, 5.41) is 12.3. The topological polar surface area (TPSA) is 137 Å². The number of amides is 2. The SMILES string of the molecule is O=C(NCCNS(=O)(=O)c1ccc(Cl)s1)Nc1ccc2cc1CCc1cccc(c1)Nc1ncc(Cl)c(n1)N2. The summed E-state index contributed by atoms with van der Waals surface area (Å²) in [6.45, 7) is 0.112. The summed E-state index contributed by atoms with van der Waals surface area (Å²) in [6.07, 6.45) is 2.90. The Kier molecular flexibility index (Phi) is 8.19. The van der Waals surface area contributed by atoms with E-state index in [1.54, 1.807) is 6.07 Å². The van der Waals surface area contributed by atoms with Gasteiger partial charge in [0.05, 0.1) is 10.5 Å². The van der Waals surface area contributed by atoms with Gasteiger partial charge in [0.15, 0.2) is 5.82 Å². The summed E-state index contributed by atoms with van der Waals surface area (Å²) < 4.78 is 27.6. The van der Waals surface area contributed by atoms with Crippen LogP contribution in [0.4, 0.5) is 33.6 Å². The van der Waals surface area contributed by atoms with Crippen molar-refractivity contribution in [1.29, 1.82) is 0 Å². The number of halogens is 2. The molecule has 0 unspecified atom stereocenters. The number of carbonyl (C=O) groups excluding carboxylic acids is 1. The molecule has 4 aromatic rings. The van der Waals surface area contributed by atoms with E-state index >= 15 is 0 Å². The molecule has 2 aromatic carbocycles. The summed E-state index contributed by atoms with van der Waals surface area (Å²) in [5.41, 5.74) is 4.22. The van der Waals surface area contributed by atoms with Gasteiger partial charge in [-0.15, -0.1) is 11.3 Å². The van der Waals surface area contributed by atoms with Crippen LogP contribution in [0.5, 0.6) is 0 Å². The van der Waals surface area contributed by atoms with Crippen molar-refractivity contribution in [3.05, 3.63) is 81.3 Å². The van der Waals surface area contributed by atoms with E-state index in [-0.39, 0.29) is 17.3 Å². The lowest BCUT2D eigenvalue weighted by molar-refractivity contribution is 0.252. The fourth-order valence-electron chi connectivity index (χ4n) is 3.91. The normalized spacial score (nSPS) is 12.7. The minimum absolute atomic E-state index is 0.0209. The Morgan fingerprint density at radius 1 is 1.00 bits per heavy atom. The van der Waals surface area contributed by atoms with Gasteiger partial charge < -0.3 is 21.3 Å². The smallest absolute Gasteiger partial charge is 0.319 e. The number of hydrogen-bond acceptors (Lipinski definition) is 8. The Morgan fingerprint density at radius 2 is 1.85 bits per heavy atom. The molecule has 202 valence electrons.